The van der Waals surface area contributed by atoms with Gasteiger partial charge < -0.3 is 4.74 Å². The summed E-state index contributed by atoms with van der Waals surface area (Å²) in [6.07, 6.45) is 3.05. The van der Waals surface area contributed by atoms with Crippen molar-refractivity contribution in [3.63, 3.8) is 0 Å². The van der Waals surface area contributed by atoms with Crippen molar-refractivity contribution in [2.75, 3.05) is 12.5 Å². The van der Waals surface area contributed by atoms with E-state index in [9.17, 15) is 0 Å². The fourth-order valence-electron chi connectivity index (χ4n) is 0.254. The topological polar surface area (TPSA) is 33.0 Å². The molecule has 0 saturated heterocycles. The van der Waals surface area contributed by atoms with Crippen LogP contribution in [0.15, 0.2) is 12.2 Å². The molecule has 0 aromatic carbocycles. The van der Waals surface area contributed by atoms with Crippen LogP contribution in [0, 0.1) is 11.3 Å². The van der Waals surface area contributed by atoms with Crippen LogP contribution >= 0.6 is 22.5 Å². The average molecular weight is 161 g/mol. The van der Waals surface area contributed by atoms with Gasteiger partial charge in [-0.3, -0.25) is 0 Å². The van der Waals surface area contributed by atoms with E-state index in [4.69, 9.17) is 10.00 Å². The van der Waals surface area contributed by atoms with Crippen LogP contribution in [-0.2, 0) is 4.74 Å². The Kier molecular flexibility index (Phi) is 7.79. The molecule has 0 aromatic rings. The molecule has 0 bridgehead atoms. The van der Waals surface area contributed by atoms with Crippen molar-refractivity contribution < 1.29 is 4.74 Å². The standard InChI is InChI=1S/C5H7NOS2/c6-3-1-2-4-7-5-9-8/h1-2,8H,4-5H2. The first-order valence-corrected chi connectivity index (χ1v) is 4.34. The number of rotatable bonds is 4. The zero-order valence-electron chi connectivity index (χ0n) is 4.78. The highest BCUT2D eigenvalue weighted by molar-refractivity contribution is 8.68. The predicted molar refractivity (Wildman–Crippen MR) is 42.1 cm³/mol. The molecule has 0 saturated carbocycles. The van der Waals surface area contributed by atoms with Crippen LogP contribution in [0.3, 0.4) is 0 Å². The lowest BCUT2D eigenvalue weighted by Crippen LogP contribution is -1.86. The van der Waals surface area contributed by atoms with E-state index >= 15 is 0 Å². The lowest BCUT2D eigenvalue weighted by molar-refractivity contribution is 0.217. The Morgan fingerprint density at radius 3 is 3.11 bits per heavy atom. The fraction of sp³-hybridized carbons (Fsp3) is 0.400. The van der Waals surface area contributed by atoms with Gasteiger partial charge in [0.05, 0.1) is 12.7 Å². The molecule has 0 amide bonds. The second-order valence-corrected chi connectivity index (χ2v) is 2.42. The third kappa shape index (κ3) is 7.89. The van der Waals surface area contributed by atoms with Gasteiger partial charge in [-0.05, 0) is 6.08 Å². The minimum Gasteiger partial charge on any atom is -0.366 e. The second-order valence-electron chi connectivity index (χ2n) is 1.15. The molecule has 0 rings (SSSR count). The molecule has 0 aliphatic rings. The van der Waals surface area contributed by atoms with Crippen LogP contribution < -0.4 is 0 Å². The van der Waals surface area contributed by atoms with Gasteiger partial charge in [0.15, 0.2) is 0 Å². The Bertz CT molecular complexity index is 119. The highest BCUT2D eigenvalue weighted by Crippen LogP contribution is 2.03. The van der Waals surface area contributed by atoms with Gasteiger partial charge in [-0.2, -0.15) is 5.26 Å². The van der Waals surface area contributed by atoms with E-state index in [1.54, 1.807) is 6.08 Å². The summed E-state index contributed by atoms with van der Waals surface area (Å²) in [6.45, 7) is 0.487. The summed E-state index contributed by atoms with van der Waals surface area (Å²) in [5.74, 6) is 0.554. The zero-order chi connectivity index (χ0) is 6.95. The van der Waals surface area contributed by atoms with Gasteiger partial charge in [-0.1, -0.05) is 10.8 Å². The van der Waals surface area contributed by atoms with E-state index in [0.29, 0.717) is 12.5 Å². The average Bonchev–Trinajstić information content (AvgIpc) is 1.89. The third-order valence-electron chi connectivity index (χ3n) is 0.543. The van der Waals surface area contributed by atoms with Gasteiger partial charge in [0.25, 0.3) is 0 Å². The van der Waals surface area contributed by atoms with Gasteiger partial charge in [-0.15, -0.1) is 11.7 Å². The van der Waals surface area contributed by atoms with E-state index in [1.165, 1.54) is 16.9 Å². The minimum atomic E-state index is 0.487. The Hall–Kier alpha value is -0.110. The van der Waals surface area contributed by atoms with Gasteiger partial charge >= 0.3 is 0 Å². The van der Waals surface area contributed by atoms with E-state index in [1.807, 2.05) is 6.07 Å². The zero-order valence-corrected chi connectivity index (χ0v) is 6.49. The summed E-state index contributed by atoms with van der Waals surface area (Å²) >= 11 is 3.85. The number of nitrogens with zero attached hydrogens (tertiary/aromatic N) is 1. The van der Waals surface area contributed by atoms with E-state index < -0.39 is 0 Å². The maximum absolute atomic E-state index is 8.01. The molecule has 0 unspecified atom stereocenters. The van der Waals surface area contributed by atoms with Crippen molar-refractivity contribution in [3.05, 3.63) is 12.2 Å². The molecule has 0 aromatic heterocycles. The summed E-state index contributed by atoms with van der Waals surface area (Å²) in [5, 5.41) is 8.01. The number of hydrogen-bond acceptors (Lipinski definition) is 4. The largest absolute Gasteiger partial charge is 0.366 e. The summed E-state index contributed by atoms with van der Waals surface area (Å²) in [7, 11) is 1.32. The lowest BCUT2D eigenvalue weighted by atomic mass is 10.5. The van der Waals surface area contributed by atoms with Crippen molar-refractivity contribution in [1.82, 2.24) is 0 Å². The number of thiol groups is 1. The Morgan fingerprint density at radius 2 is 2.56 bits per heavy atom. The number of nitriles is 1. The van der Waals surface area contributed by atoms with Crippen LogP contribution in [0.5, 0.6) is 0 Å². The first kappa shape index (κ1) is 8.89. The molecule has 50 valence electrons. The van der Waals surface area contributed by atoms with Crippen LogP contribution in [-0.4, -0.2) is 12.5 Å². The normalized spacial score (nSPS) is 9.78. The molecule has 0 aliphatic heterocycles. The van der Waals surface area contributed by atoms with Crippen molar-refractivity contribution in [3.8, 4) is 6.07 Å². The highest BCUT2D eigenvalue weighted by atomic mass is 33.1. The Labute approximate surface area is 63.7 Å². The molecule has 0 fully saturated rings. The van der Waals surface area contributed by atoms with Crippen molar-refractivity contribution >= 4 is 22.5 Å². The van der Waals surface area contributed by atoms with Gasteiger partial charge in [0.2, 0.25) is 0 Å². The lowest BCUT2D eigenvalue weighted by Gasteiger charge is -1.92. The van der Waals surface area contributed by atoms with Gasteiger partial charge in [-0.25, -0.2) is 0 Å². The molecule has 0 heterocycles. The Morgan fingerprint density at radius 1 is 1.78 bits per heavy atom. The third-order valence-corrected chi connectivity index (χ3v) is 1.13. The van der Waals surface area contributed by atoms with E-state index in [0.717, 1.165) is 0 Å². The molecule has 4 heteroatoms. The quantitative estimate of drug-likeness (QED) is 0.223. The maximum atomic E-state index is 8.01. The van der Waals surface area contributed by atoms with Crippen molar-refractivity contribution in [2.24, 2.45) is 0 Å². The number of hydrogen-bond donors (Lipinski definition) is 1. The van der Waals surface area contributed by atoms with Crippen LogP contribution in [0.2, 0.25) is 0 Å². The summed E-state index contributed by atoms with van der Waals surface area (Å²) in [5.41, 5.74) is 0. The van der Waals surface area contributed by atoms with Crippen LogP contribution in [0.1, 0.15) is 0 Å². The van der Waals surface area contributed by atoms with Crippen molar-refractivity contribution in [2.45, 2.75) is 0 Å². The maximum Gasteiger partial charge on any atom is 0.102 e. The molecule has 0 aliphatic carbocycles. The molecular formula is C5H7NOS2. The molecule has 9 heavy (non-hydrogen) atoms. The number of allylic oxidation sites excluding steroid dienone is 1. The SMILES string of the molecule is N#CC=CCOCSS. The molecule has 0 radical (unpaired) electrons. The first-order valence-electron chi connectivity index (χ1n) is 2.30. The first-order chi connectivity index (χ1) is 4.41. The molecule has 2 nitrogen and oxygen atoms in total. The van der Waals surface area contributed by atoms with Crippen LogP contribution in [0.25, 0.3) is 0 Å². The van der Waals surface area contributed by atoms with Gasteiger partial charge in [0.1, 0.15) is 5.94 Å². The summed E-state index contributed by atoms with van der Waals surface area (Å²) < 4.78 is 4.93. The summed E-state index contributed by atoms with van der Waals surface area (Å²) in [6, 6.07) is 1.86. The van der Waals surface area contributed by atoms with E-state index in [-0.39, 0.29) is 0 Å². The highest BCUT2D eigenvalue weighted by Gasteiger charge is 1.78. The second kappa shape index (κ2) is 7.89. The molecule has 0 spiro atoms. The summed E-state index contributed by atoms with van der Waals surface area (Å²) in [4.78, 5) is 0. The Balaban J connectivity index is 2.93. The predicted octanol–water partition coefficient (Wildman–Crippen LogP) is 1.62. The molecule has 0 N–H and O–H groups in total. The molecular weight excluding hydrogens is 154 g/mol. The number of ether oxygens (including phenoxy) is 1. The molecule has 0 atom stereocenters. The van der Waals surface area contributed by atoms with Crippen molar-refractivity contribution in [1.29, 1.82) is 5.26 Å². The monoisotopic (exact) mass is 161 g/mol. The van der Waals surface area contributed by atoms with Crippen LogP contribution in [0.4, 0.5) is 0 Å². The van der Waals surface area contributed by atoms with Gasteiger partial charge in [0, 0.05) is 6.08 Å². The fourth-order valence-corrected chi connectivity index (χ4v) is 0.649. The van der Waals surface area contributed by atoms with E-state index in [2.05, 4.69) is 11.7 Å². The minimum absolute atomic E-state index is 0.487. The smallest absolute Gasteiger partial charge is 0.102 e.